The number of hydrogen-bond donors (Lipinski definition) is 0. The van der Waals surface area contributed by atoms with Crippen LogP contribution < -0.4 is 0 Å². The number of rotatable bonds is 14. The Balaban J connectivity index is 1.38. The summed E-state index contributed by atoms with van der Waals surface area (Å²) in [5, 5.41) is 0. The van der Waals surface area contributed by atoms with Gasteiger partial charge in [-0.3, -0.25) is 0 Å². The smallest absolute Gasteiger partial charge is 0.0233 e. The molecule has 0 nitrogen and oxygen atoms in total. The lowest BCUT2D eigenvalue weighted by atomic mass is 9.63. The summed E-state index contributed by atoms with van der Waals surface area (Å²) in [6, 6.07) is 0. The van der Waals surface area contributed by atoms with Crippen LogP contribution in [0.2, 0.25) is 0 Å². The SMILES string of the molecule is CCCCC(C1CCC(CCC/C=C\C(C)C(C)C2CC=CCC2)CC1)C(CC)C1CCCCC1. The largest absolute Gasteiger partial charge is 0.0885 e. The van der Waals surface area contributed by atoms with Gasteiger partial charge in [-0.2, -0.15) is 0 Å². The van der Waals surface area contributed by atoms with Crippen molar-refractivity contribution < 1.29 is 0 Å². The highest BCUT2D eigenvalue weighted by molar-refractivity contribution is 4.96. The molecule has 0 bridgehead atoms. The van der Waals surface area contributed by atoms with Gasteiger partial charge in [0.2, 0.25) is 0 Å². The van der Waals surface area contributed by atoms with Gasteiger partial charge < -0.3 is 0 Å². The van der Waals surface area contributed by atoms with Gasteiger partial charge in [-0.05, 0) is 98.7 Å². The van der Waals surface area contributed by atoms with Gasteiger partial charge >= 0.3 is 0 Å². The van der Waals surface area contributed by atoms with Gasteiger partial charge in [0.05, 0.1) is 0 Å². The predicted molar refractivity (Wildman–Crippen MR) is 157 cm³/mol. The highest BCUT2D eigenvalue weighted by Gasteiger charge is 2.35. The first kappa shape index (κ1) is 29.0. The molecule has 0 radical (unpaired) electrons. The van der Waals surface area contributed by atoms with Gasteiger partial charge in [-0.1, -0.05) is 123 Å². The van der Waals surface area contributed by atoms with E-state index in [4.69, 9.17) is 0 Å². The molecule has 0 aromatic rings. The second kappa shape index (κ2) is 16.3. The molecule has 3 rings (SSSR count). The Labute approximate surface area is 221 Å². The van der Waals surface area contributed by atoms with Crippen LogP contribution in [0.25, 0.3) is 0 Å². The quantitative estimate of drug-likeness (QED) is 0.170. The van der Waals surface area contributed by atoms with Gasteiger partial charge in [-0.25, -0.2) is 0 Å². The fourth-order valence-electron chi connectivity index (χ4n) is 8.43. The van der Waals surface area contributed by atoms with E-state index in [1.807, 2.05) is 0 Å². The summed E-state index contributed by atoms with van der Waals surface area (Å²) in [4.78, 5) is 0. The van der Waals surface area contributed by atoms with E-state index in [-0.39, 0.29) is 0 Å². The Morgan fingerprint density at radius 2 is 1.51 bits per heavy atom. The Morgan fingerprint density at radius 1 is 0.771 bits per heavy atom. The summed E-state index contributed by atoms with van der Waals surface area (Å²) in [7, 11) is 0. The van der Waals surface area contributed by atoms with Crippen molar-refractivity contribution in [1.29, 1.82) is 0 Å². The van der Waals surface area contributed by atoms with E-state index in [0.29, 0.717) is 0 Å². The van der Waals surface area contributed by atoms with Crippen LogP contribution in [0.5, 0.6) is 0 Å². The lowest BCUT2D eigenvalue weighted by Gasteiger charge is -2.42. The average molecular weight is 483 g/mol. The Hall–Kier alpha value is -0.520. The molecule has 5 atom stereocenters. The van der Waals surface area contributed by atoms with Gasteiger partial charge in [-0.15, -0.1) is 0 Å². The minimum atomic E-state index is 0.734. The minimum Gasteiger partial charge on any atom is -0.0885 e. The molecule has 2 fully saturated rings. The monoisotopic (exact) mass is 482 g/mol. The fourth-order valence-corrected chi connectivity index (χ4v) is 8.43. The summed E-state index contributed by atoms with van der Waals surface area (Å²) >= 11 is 0. The minimum absolute atomic E-state index is 0.734. The van der Waals surface area contributed by atoms with Gasteiger partial charge in [0, 0.05) is 0 Å². The van der Waals surface area contributed by atoms with Crippen molar-refractivity contribution in [3.63, 3.8) is 0 Å². The van der Waals surface area contributed by atoms with E-state index in [1.54, 1.807) is 25.7 Å². The number of hydrogen-bond acceptors (Lipinski definition) is 0. The Morgan fingerprint density at radius 3 is 2.17 bits per heavy atom. The van der Waals surface area contributed by atoms with Gasteiger partial charge in [0.15, 0.2) is 0 Å². The molecule has 35 heavy (non-hydrogen) atoms. The van der Waals surface area contributed by atoms with Gasteiger partial charge in [0.1, 0.15) is 0 Å². The summed E-state index contributed by atoms with van der Waals surface area (Å²) < 4.78 is 0. The van der Waals surface area contributed by atoms with Crippen LogP contribution in [0.4, 0.5) is 0 Å². The maximum atomic E-state index is 2.55. The molecular formula is C35H62. The van der Waals surface area contributed by atoms with E-state index in [0.717, 1.165) is 47.3 Å². The van der Waals surface area contributed by atoms with E-state index >= 15 is 0 Å². The second-order valence-electron chi connectivity index (χ2n) is 13.2. The summed E-state index contributed by atoms with van der Waals surface area (Å²) in [5.74, 6) is 7.65. The molecule has 0 aromatic heterocycles. The number of allylic oxidation sites excluding steroid dienone is 4. The third kappa shape index (κ3) is 9.38. The topological polar surface area (TPSA) is 0 Å². The average Bonchev–Trinajstić information content (AvgIpc) is 2.91. The molecule has 5 unspecified atom stereocenters. The Kier molecular flexibility index (Phi) is 13.6. The van der Waals surface area contributed by atoms with Crippen molar-refractivity contribution in [2.75, 3.05) is 0 Å². The molecule has 0 heterocycles. The van der Waals surface area contributed by atoms with Crippen LogP contribution in [0.3, 0.4) is 0 Å². The molecule has 0 heteroatoms. The van der Waals surface area contributed by atoms with E-state index in [9.17, 15) is 0 Å². The van der Waals surface area contributed by atoms with Crippen LogP contribution in [-0.2, 0) is 0 Å². The van der Waals surface area contributed by atoms with Crippen molar-refractivity contribution in [2.24, 2.45) is 47.3 Å². The molecule has 0 spiro atoms. The normalized spacial score (nSPS) is 29.8. The van der Waals surface area contributed by atoms with Crippen LogP contribution in [-0.4, -0.2) is 0 Å². The van der Waals surface area contributed by atoms with Crippen molar-refractivity contribution in [1.82, 2.24) is 0 Å². The zero-order chi connectivity index (χ0) is 24.9. The van der Waals surface area contributed by atoms with Crippen LogP contribution in [0.1, 0.15) is 150 Å². The molecule has 3 aliphatic carbocycles. The Bertz CT molecular complexity index is 585. The first-order valence-electron chi connectivity index (χ1n) is 16.5. The highest BCUT2D eigenvalue weighted by atomic mass is 14.4. The highest BCUT2D eigenvalue weighted by Crippen LogP contribution is 2.46. The summed E-state index contributed by atoms with van der Waals surface area (Å²) in [6.07, 6.45) is 37.7. The fraction of sp³-hybridized carbons (Fsp3) is 0.886. The van der Waals surface area contributed by atoms with E-state index < -0.39 is 0 Å². The summed E-state index contributed by atoms with van der Waals surface area (Å²) in [6.45, 7) is 9.86. The zero-order valence-electron chi connectivity index (χ0n) is 24.4. The lowest BCUT2D eigenvalue weighted by molar-refractivity contribution is 0.0831. The summed E-state index contributed by atoms with van der Waals surface area (Å²) in [5.41, 5.74) is 0. The van der Waals surface area contributed by atoms with E-state index in [1.165, 1.54) is 96.3 Å². The van der Waals surface area contributed by atoms with Crippen LogP contribution in [0.15, 0.2) is 24.3 Å². The van der Waals surface area contributed by atoms with Crippen molar-refractivity contribution in [2.45, 2.75) is 150 Å². The van der Waals surface area contributed by atoms with E-state index in [2.05, 4.69) is 52.0 Å². The zero-order valence-corrected chi connectivity index (χ0v) is 24.4. The molecule has 0 aliphatic heterocycles. The molecule has 0 N–H and O–H groups in total. The predicted octanol–water partition coefficient (Wildman–Crippen LogP) is 11.6. The van der Waals surface area contributed by atoms with Crippen LogP contribution in [0, 0.1) is 47.3 Å². The lowest BCUT2D eigenvalue weighted by Crippen LogP contribution is -2.32. The molecule has 2 saturated carbocycles. The van der Waals surface area contributed by atoms with Gasteiger partial charge in [0.25, 0.3) is 0 Å². The maximum absolute atomic E-state index is 2.55. The van der Waals surface area contributed by atoms with Crippen molar-refractivity contribution in [3.8, 4) is 0 Å². The second-order valence-corrected chi connectivity index (χ2v) is 13.2. The first-order chi connectivity index (χ1) is 17.1. The number of unbranched alkanes of at least 4 members (excludes halogenated alkanes) is 2. The molecule has 0 saturated heterocycles. The molecular weight excluding hydrogens is 420 g/mol. The standard InChI is InChI=1S/C35H62/c1-5-7-23-35(34(6-2)32-21-15-10-16-22-32)33-26-24-30(25-27-33)18-12-8-11-17-28(3)29(4)31-19-13-9-14-20-31/h9,11,13,17,28-35H,5-8,10,12,14-16,18-27H2,1-4H3/b17-11-. The molecule has 202 valence electrons. The maximum Gasteiger partial charge on any atom is -0.0233 e. The third-order valence-corrected chi connectivity index (χ3v) is 11.0. The molecule has 0 aromatic carbocycles. The van der Waals surface area contributed by atoms with Crippen molar-refractivity contribution >= 4 is 0 Å². The van der Waals surface area contributed by atoms with Crippen molar-refractivity contribution in [3.05, 3.63) is 24.3 Å². The third-order valence-electron chi connectivity index (χ3n) is 11.0. The molecule has 0 amide bonds. The van der Waals surface area contributed by atoms with Crippen LogP contribution >= 0.6 is 0 Å². The molecule has 3 aliphatic rings. The first-order valence-corrected chi connectivity index (χ1v) is 16.5.